The molecule has 3 nitrogen and oxygen atoms in total. The Morgan fingerprint density at radius 3 is 2.34 bits per heavy atom. The number of aryl methyl sites for hydroxylation is 1. The fourth-order valence-corrected chi connectivity index (χ4v) is 2.48. The number of hydrogen-bond acceptors (Lipinski definition) is 3. The van der Waals surface area contributed by atoms with Crippen LogP contribution in [-0.4, -0.2) is 23.7 Å². The van der Waals surface area contributed by atoms with Crippen LogP contribution in [0.5, 0.6) is 0 Å². The van der Waals surface area contributed by atoms with Crippen molar-refractivity contribution in [1.29, 1.82) is 0 Å². The van der Waals surface area contributed by atoms with Crippen LogP contribution in [0.15, 0.2) is 78.7 Å². The summed E-state index contributed by atoms with van der Waals surface area (Å²) in [5, 5.41) is 11.8. The zero-order valence-corrected chi connectivity index (χ0v) is 20.7. The Labute approximate surface area is 194 Å². The van der Waals surface area contributed by atoms with E-state index in [9.17, 15) is 4.39 Å². The van der Waals surface area contributed by atoms with E-state index in [1.165, 1.54) is 23.3 Å². The smallest absolute Gasteiger partial charge is 0.125 e. The summed E-state index contributed by atoms with van der Waals surface area (Å²) in [7, 11) is 1.95. The molecule has 4 heteroatoms. The van der Waals surface area contributed by atoms with Crippen molar-refractivity contribution in [3.63, 3.8) is 0 Å². The van der Waals surface area contributed by atoms with Gasteiger partial charge in [-0.25, -0.2) is 4.39 Å². The van der Waals surface area contributed by atoms with E-state index in [2.05, 4.69) is 62.7 Å². The third kappa shape index (κ3) is 9.99. The van der Waals surface area contributed by atoms with E-state index in [0.717, 1.165) is 22.5 Å². The van der Waals surface area contributed by atoms with Crippen LogP contribution in [0.3, 0.4) is 0 Å². The molecule has 1 atom stereocenters. The van der Waals surface area contributed by atoms with E-state index < -0.39 is 0 Å². The molecule has 0 saturated heterocycles. The molecule has 32 heavy (non-hydrogen) atoms. The summed E-state index contributed by atoms with van der Waals surface area (Å²) < 4.78 is 12.7. The van der Waals surface area contributed by atoms with Gasteiger partial charge in [-0.05, 0) is 81.3 Å². The van der Waals surface area contributed by atoms with Gasteiger partial charge in [-0.2, -0.15) is 0 Å². The minimum Gasteiger partial charge on any atom is -0.392 e. The average Bonchev–Trinajstić information content (AvgIpc) is 2.83. The van der Waals surface area contributed by atoms with E-state index in [-0.39, 0.29) is 18.5 Å². The summed E-state index contributed by atoms with van der Waals surface area (Å²) in [6, 6.07) is 12.8. The van der Waals surface area contributed by atoms with Gasteiger partial charge < -0.3 is 10.4 Å². The summed E-state index contributed by atoms with van der Waals surface area (Å²) in [5.74, 6) is -0.349. The highest BCUT2D eigenvalue weighted by atomic mass is 19.1. The van der Waals surface area contributed by atoms with Gasteiger partial charge in [-0.15, -0.1) is 0 Å². The fourth-order valence-electron chi connectivity index (χ4n) is 2.48. The van der Waals surface area contributed by atoms with Gasteiger partial charge in [0, 0.05) is 11.6 Å². The molecule has 0 saturated carbocycles. The summed E-state index contributed by atoms with van der Waals surface area (Å²) in [6.45, 7) is 18.7. The zero-order chi connectivity index (χ0) is 24.7. The number of hydrogen-bond donors (Lipinski definition) is 2. The van der Waals surface area contributed by atoms with Crippen molar-refractivity contribution in [2.75, 3.05) is 13.7 Å². The normalized spacial score (nSPS) is 12.0. The van der Waals surface area contributed by atoms with Crippen LogP contribution >= 0.6 is 0 Å². The molecule has 1 heterocycles. The van der Waals surface area contributed by atoms with Crippen LogP contribution in [0.2, 0.25) is 0 Å². The van der Waals surface area contributed by atoms with E-state index >= 15 is 0 Å². The second-order valence-electron chi connectivity index (χ2n) is 7.20. The first-order valence-corrected chi connectivity index (χ1v) is 10.9. The Morgan fingerprint density at radius 1 is 1.19 bits per heavy atom. The Bertz CT molecular complexity index is 929. The number of allylic oxidation sites excluding steroid dienone is 4. The summed E-state index contributed by atoms with van der Waals surface area (Å²) in [6.07, 6.45) is 4.71. The molecule has 0 aliphatic heterocycles. The monoisotopic (exact) mass is 438 g/mol. The number of nitrogens with zero attached hydrogens (tertiary/aromatic N) is 1. The lowest BCUT2D eigenvalue weighted by atomic mass is 10.0. The summed E-state index contributed by atoms with van der Waals surface area (Å²) in [4.78, 5) is 4.72. The van der Waals surface area contributed by atoms with Crippen LogP contribution in [0.1, 0.15) is 57.5 Å². The van der Waals surface area contributed by atoms with Crippen LogP contribution in [0.4, 0.5) is 4.39 Å². The van der Waals surface area contributed by atoms with Gasteiger partial charge >= 0.3 is 0 Å². The predicted molar refractivity (Wildman–Crippen MR) is 138 cm³/mol. The quantitative estimate of drug-likeness (QED) is 0.444. The zero-order valence-electron chi connectivity index (χ0n) is 20.7. The number of pyridine rings is 1. The maximum absolute atomic E-state index is 12.7. The number of aliphatic hydroxyl groups excluding tert-OH is 1. The van der Waals surface area contributed by atoms with E-state index in [4.69, 9.17) is 10.1 Å². The predicted octanol–water partition coefficient (Wildman–Crippen LogP) is 7.36. The minimum atomic E-state index is -0.349. The summed E-state index contributed by atoms with van der Waals surface area (Å²) >= 11 is 0. The van der Waals surface area contributed by atoms with Gasteiger partial charge in [0.25, 0.3) is 0 Å². The van der Waals surface area contributed by atoms with Crippen LogP contribution < -0.4 is 5.32 Å². The number of aliphatic hydroxyl groups is 1. The van der Waals surface area contributed by atoms with Crippen LogP contribution in [0, 0.1) is 6.92 Å². The molecule has 0 aliphatic carbocycles. The van der Waals surface area contributed by atoms with Crippen molar-refractivity contribution >= 4 is 6.08 Å². The molecule has 2 aromatic rings. The van der Waals surface area contributed by atoms with Crippen molar-refractivity contribution in [3.8, 4) is 11.3 Å². The lowest BCUT2D eigenvalue weighted by molar-refractivity contribution is 0.331. The maximum Gasteiger partial charge on any atom is 0.125 e. The molecular formula is C28H39FN2O. The van der Waals surface area contributed by atoms with Gasteiger partial charge in [0.1, 0.15) is 5.83 Å². The Kier molecular flexibility index (Phi) is 14.5. The lowest BCUT2D eigenvalue weighted by Crippen LogP contribution is -2.13. The Morgan fingerprint density at radius 2 is 1.84 bits per heavy atom. The highest BCUT2D eigenvalue weighted by Crippen LogP contribution is 2.22. The van der Waals surface area contributed by atoms with Gasteiger partial charge in [-0.3, -0.25) is 4.98 Å². The molecule has 174 valence electrons. The van der Waals surface area contributed by atoms with Crippen molar-refractivity contribution in [2.45, 2.75) is 47.6 Å². The molecule has 0 radical (unpaired) electrons. The summed E-state index contributed by atoms with van der Waals surface area (Å²) in [5.41, 5.74) is 6.73. The highest BCUT2D eigenvalue weighted by molar-refractivity contribution is 5.64. The van der Waals surface area contributed by atoms with E-state index in [0.29, 0.717) is 5.57 Å². The first-order valence-electron chi connectivity index (χ1n) is 10.9. The number of benzene rings is 1. The van der Waals surface area contributed by atoms with E-state index in [1.54, 1.807) is 13.8 Å². The van der Waals surface area contributed by atoms with Gasteiger partial charge in [0.15, 0.2) is 0 Å². The van der Waals surface area contributed by atoms with Gasteiger partial charge in [0.2, 0.25) is 0 Å². The van der Waals surface area contributed by atoms with Crippen molar-refractivity contribution in [3.05, 3.63) is 95.5 Å². The molecule has 1 aromatic heterocycles. The van der Waals surface area contributed by atoms with Crippen molar-refractivity contribution in [1.82, 2.24) is 10.3 Å². The molecule has 0 amide bonds. The third-order valence-corrected chi connectivity index (χ3v) is 4.60. The minimum absolute atomic E-state index is 0.0417. The Balaban J connectivity index is 0.000000635. The molecule has 0 bridgehead atoms. The SMILES string of the molecule is C=C(C)/C(F)=C\C=C(/C)CO.C=Cc1ccc(-c2cccc([C@H](C)NC)n2)cc1C.CC. The molecule has 0 spiro atoms. The number of rotatable bonds is 7. The van der Waals surface area contributed by atoms with Gasteiger partial charge in [0.05, 0.1) is 18.0 Å². The maximum atomic E-state index is 12.7. The average molecular weight is 439 g/mol. The lowest BCUT2D eigenvalue weighted by Gasteiger charge is -2.11. The molecule has 2 rings (SSSR count). The first-order chi connectivity index (χ1) is 15.2. The number of halogens is 1. The highest BCUT2D eigenvalue weighted by Gasteiger charge is 2.07. The second-order valence-corrected chi connectivity index (χ2v) is 7.20. The molecule has 0 aliphatic rings. The molecule has 2 N–H and O–H groups in total. The van der Waals surface area contributed by atoms with Crippen molar-refractivity contribution < 1.29 is 9.50 Å². The molecular weight excluding hydrogens is 399 g/mol. The molecule has 0 fully saturated rings. The third-order valence-electron chi connectivity index (χ3n) is 4.60. The van der Waals surface area contributed by atoms with Crippen LogP contribution in [-0.2, 0) is 0 Å². The van der Waals surface area contributed by atoms with Crippen molar-refractivity contribution in [2.24, 2.45) is 0 Å². The fraction of sp³-hybridized carbons (Fsp3) is 0.321. The Hall–Kier alpha value is -2.82. The van der Waals surface area contributed by atoms with Crippen LogP contribution in [0.25, 0.3) is 17.3 Å². The second kappa shape index (κ2) is 15.9. The molecule has 0 unspecified atom stereocenters. The number of nitrogens with one attached hydrogen (secondary N) is 1. The van der Waals surface area contributed by atoms with E-state index in [1.807, 2.05) is 33.0 Å². The standard InChI is InChI=1S/C17H20N2.C9H13FO.C2H6/c1-5-14-9-10-15(11-12(14)2)17-8-6-7-16(19-17)13(3)18-4;1-7(2)9(10)5-4-8(3)6-11;1-2/h5-11,13,18H,1H2,2-4H3;4-5,11H,1,6H2,2-3H3;1-2H3/b;8-4+,9-5+;/t13-;;/m0../s1. The number of aromatic nitrogens is 1. The first kappa shape index (κ1) is 29.2. The topological polar surface area (TPSA) is 45.1 Å². The van der Waals surface area contributed by atoms with Gasteiger partial charge in [-0.1, -0.05) is 57.4 Å². The largest absolute Gasteiger partial charge is 0.392 e. The molecule has 1 aromatic carbocycles.